The first kappa shape index (κ1) is 17.4. The maximum absolute atomic E-state index is 4.21. The first-order valence-electron chi connectivity index (χ1n) is 8.57. The molecule has 0 saturated carbocycles. The van der Waals surface area contributed by atoms with E-state index in [1.165, 1.54) is 26.8 Å². The van der Waals surface area contributed by atoms with E-state index in [2.05, 4.69) is 93.1 Å². The van der Waals surface area contributed by atoms with E-state index in [1.54, 1.807) is 0 Å². The minimum Gasteiger partial charge on any atom is -0.336 e. The molecule has 130 valence electrons. The molecule has 0 saturated heterocycles. The molecule has 1 aromatic heterocycles. The van der Waals surface area contributed by atoms with Crippen LogP contribution in [0.15, 0.2) is 88.8 Å². The summed E-state index contributed by atoms with van der Waals surface area (Å²) in [5.74, 6) is 0. The Kier molecular flexibility index (Phi) is 5.14. The first-order chi connectivity index (χ1) is 12.7. The number of hydrogen-bond donors (Lipinski definition) is 0. The van der Waals surface area contributed by atoms with Gasteiger partial charge < -0.3 is 4.57 Å². The lowest BCUT2D eigenvalue weighted by Gasteiger charge is -2.20. The minimum absolute atomic E-state index is 0.302. The van der Waals surface area contributed by atoms with Gasteiger partial charge in [-0.2, -0.15) is 0 Å². The second-order valence-electron chi connectivity index (χ2n) is 6.35. The summed E-state index contributed by atoms with van der Waals surface area (Å²) >= 11 is 5.51. The number of aromatic nitrogens is 2. The molecule has 4 rings (SSSR count). The normalized spacial score (nSPS) is 12.4. The maximum Gasteiger partial charge on any atom is 0.0946 e. The second kappa shape index (κ2) is 7.68. The molecule has 0 fully saturated rings. The van der Waals surface area contributed by atoms with E-state index in [0.29, 0.717) is 5.25 Å². The van der Waals surface area contributed by atoms with Gasteiger partial charge >= 0.3 is 0 Å². The Morgan fingerprint density at radius 2 is 1.92 bits per heavy atom. The molecule has 3 aromatic carbocycles. The summed E-state index contributed by atoms with van der Waals surface area (Å²) in [6.45, 7) is 3.02. The Labute approximate surface area is 166 Å². The van der Waals surface area contributed by atoms with E-state index >= 15 is 0 Å². The predicted molar refractivity (Wildman–Crippen MR) is 114 cm³/mol. The highest BCUT2D eigenvalue weighted by Gasteiger charge is 2.17. The topological polar surface area (TPSA) is 17.8 Å². The summed E-state index contributed by atoms with van der Waals surface area (Å²) < 4.78 is 3.31. The Hall–Kier alpha value is -2.04. The number of fused-ring (bicyclic) bond motifs is 1. The van der Waals surface area contributed by atoms with Crippen LogP contribution in [0.4, 0.5) is 0 Å². The molecule has 4 heteroatoms. The smallest absolute Gasteiger partial charge is 0.0946 e. The molecule has 0 N–H and O–H groups in total. The van der Waals surface area contributed by atoms with E-state index in [9.17, 15) is 0 Å². The van der Waals surface area contributed by atoms with E-state index in [1.807, 2.05) is 30.5 Å². The standard InChI is InChI=1S/C22H19BrN2S/c1-16-13-18(9-10-21(16)23)26-22(14-25-12-11-24-15-25)20-8-4-6-17-5-2-3-7-19(17)20/h2-13,15,22H,14H2,1H3. The van der Waals surface area contributed by atoms with Gasteiger partial charge in [-0.05, 0) is 47.0 Å². The number of thioether (sulfide) groups is 1. The Morgan fingerprint density at radius 1 is 1.08 bits per heavy atom. The molecule has 2 nitrogen and oxygen atoms in total. The highest BCUT2D eigenvalue weighted by molar-refractivity contribution is 9.10. The van der Waals surface area contributed by atoms with Gasteiger partial charge in [0.25, 0.3) is 0 Å². The summed E-state index contributed by atoms with van der Waals surface area (Å²) in [4.78, 5) is 5.49. The van der Waals surface area contributed by atoms with Gasteiger partial charge in [-0.25, -0.2) is 4.98 Å². The molecule has 1 unspecified atom stereocenters. The SMILES string of the molecule is Cc1cc(SC(Cn2ccnc2)c2cccc3ccccc23)ccc1Br. The lowest BCUT2D eigenvalue weighted by molar-refractivity contribution is 0.686. The minimum atomic E-state index is 0.302. The van der Waals surface area contributed by atoms with Crippen LogP contribution >= 0.6 is 27.7 Å². The van der Waals surface area contributed by atoms with Gasteiger partial charge in [0, 0.05) is 28.3 Å². The van der Waals surface area contributed by atoms with Crippen molar-refractivity contribution in [3.05, 3.63) is 95.0 Å². The van der Waals surface area contributed by atoms with Crippen LogP contribution in [0.2, 0.25) is 0 Å². The molecule has 0 spiro atoms. The number of imidazole rings is 1. The highest BCUT2D eigenvalue weighted by atomic mass is 79.9. The fraction of sp³-hybridized carbons (Fsp3) is 0.136. The molecule has 26 heavy (non-hydrogen) atoms. The Morgan fingerprint density at radius 3 is 2.73 bits per heavy atom. The van der Waals surface area contributed by atoms with Crippen LogP contribution in [0.5, 0.6) is 0 Å². The first-order valence-corrected chi connectivity index (χ1v) is 10.2. The third kappa shape index (κ3) is 3.71. The zero-order chi connectivity index (χ0) is 17.9. The van der Waals surface area contributed by atoms with Crippen LogP contribution in [-0.4, -0.2) is 9.55 Å². The summed E-state index contributed by atoms with van der Waals surface area (Å²) in [6, 6.07) is 21.8. The summed E-state index contributed by atoms with van der Waals surface area (Å²) in [5, 5.41) is 2.91. The van der Waals surface area contributed by atoms with E-state index in [0.717, 1.165) is 11.0 Å². The van der Waals surface area contributed by atoms with Crippen molar-refractivity contribution in [2.24, 2.45) is 0 Å². The average Bonchev–Trinajstić information content (AvgIpc) is 3.17. The van der Waals surface area contributed by atoms with Gasteiger partial charge in [-0.3, -0.25) is 0 Å². The molecule has 0 bridgehead atoms. The van der Waals surface area contributed by atoms with Crippen molar-refractivity contribution >= 4 is 38.5 Å². The van der Waals surface area contributed by atoms with Crippen LogP contribution in [0.1, 0.15) is 16.4 Å². The van der Waals surface area contributed by atoms with E-state index < -0.39 is 0 Å². The second-order valence-corrected chi connectivity index (χ2v) is 8.48. The van der Waals surface area contributed by atoms with Crippen molar-refractivity contribution in [3.8, 4) is 0 Å². The van der Waals surface area contributed by atoms with Crippen molar-refractivity contribution in [1.29, 1.82) is 0 Å². The summed E-state index contributed by atoms with van der Waals surface area (Å²) in [6.07, 6.45) is 5.77. The molecular weight excluding hydrogens is 404 g/mol. The number of aryl methyl sites for hydroxylation is 1. The van der Waals surface area contributed by atoms with Gasteiger partial charge in [0.1, 0.15) is 0 Å². The van der Waals surface area contributed by atoms with Crippen LogP contribution in [0.25, 0.3) is 10.8 Å². The largest absolute Gasteiger partial charge is 0.336 e. The summed E-state index contributed by atoms with van der Waals surface area (Å²) in [5.41, 5.74) is 2.62. The van der Waals surface area contributed by atoms with Crippen molar-refractivity contribution < 1.29 is 0 Å². The summed E-state index contributed by atoms with van der Waals surface area (Å²) in [7, 11) is 0. The molecule has 0 radical (unpaired) electrons. The predicted octanol–water partition coefficient (Wildman–Crippen LogP) is 6.64. The average molecular weight is 423 g/mol. The van der Waals surface area contributed by atoms with E-state index in [4.69, 9.17) is 0 Å². The lowest BCUT2D eigenvalue weighted by Crippen LogP contribution is -2.05. The van der Waals surface area contributed by atoms with Crippen molar-refractivity contribution in [3.63, 3.8) is 0 Å². The molecule has 1 heterocycles. The molecule has 0 aliphatic heterocycles. The van der Waals surface area contributed by atoms with Gasteiger partial charge in [0.15, 0.2) is 0 Å². The Balaban J connectivity index is 1.75. The molecule has 0 amide bonds. The fourth-order valence-corrected chi connectivity index (χ4v) is 4.72. The molecule has 1 atom stereocenters. The van der Waals surface area contributed by atoms with Gasteiger partial charge in [0.05, 0.1) is 11.6 Å². The van der Waals surface area contributed by atoms with Gasteiger partial charge in [-0.1, -0.05) is 58.4 Å². The van der Waals surface area contributed by atoms with Crippen molar-refractivity contribution in [1.82, 2.24) is 9.55 Å². The van der Waals surface area contributed by atoms with Gasteiger partial charge in [-0.15, -0.1) is 11.8 Å². The molecule has 4 aromatic rings. The third-order valence-electron chi connectivity index (χ3n) is 4.51. The van der Waals surface area contributed by atoms with Crippen LogP contribution < -0.4 is 0 Å². The zero-order valence-electron chi connectivity index (χ0n) is 14.5. The number of halogens is 1. The third-order valence-corrected chi connectivity index (χ3v) is 6.62. The van der Waals surface area contributed by atoms with Crippen molar-refractivity contribution in [2.45, 2.75) is 23.6 Å². The lowest BCUT2D eigenvalue weighted by atomic mass is 10.0. The Bertz CT molecular complexity index is 1020. The molecule has 0 aliphatic rings. The number of nitrogens with zero attached hydrogens (tertiary/aromatic N) is 2. The maximum atomic E-state index is 4.21. The van der Waals surface area contributed by atoms with Crippen LogP contribution in [0, 0.1) is 6.92 Å². The van der Waals surface area contributed by atoms with Crippen LogP contribution in [0.3, 0.4) is 0 Å². The zero-order valence-corrected chi connectivity index (χ0v) is 16.9. The number of hydrogen-bond acceptors (Lipinski definition) is 2. The number of rotatable bonds is 5. The number of benzene rings is 3. The molecule has 0 aliphatic carbocycles. The van der Waals surface area contributed by atoms with Gasteiger partial charge in [0.2, 0.25) is 0 Å². The van der Waals surface area contributed by atoms with E-state index in [-0.39, 0.29) is 0 Å². The van der Waals surface area contributed by atoms with Crippen molar-refractivity contribution in [2.75, 3.05) is 0 Å². The molecular formula is C22H19BrN2S. The highest BCUT2D eigenvalue weighted by Crippen LogP contribution is 2.40. The fourth-order valence-electron chi connectivity index (χ4n) is 3.17. The van der Waals surface area contributed by atoms with Crippen LogP contribution in [-0.2, 0) is 6.54 Å². The monoisotopic (exact) mass is 422 g/mol. The quantitative estimate of drug-likeness (QED) is 0.335.